The predicted molar refractivity (Wildman–Crippen MR) is 71.2 cm³/mol. The third kappa shape index (κ3) is 2.81. The Bertz CT molecular complexity index is 602. The van der Waals surface area contributed by atoms with Crippen LogP contribution in [0, 0.1) is 12.3 Å². The molecule has 0 aliphatic heterocycles. The van der Waals surface area contributed by atoms with Gasteiger partial charge in [0.25, 0.3) is 0 Å². The van der Waals surface area contributed by atoms with Crippen LogP contribution in [-0.2, 0) is 11.2 Å². The van der Waals surface area contributed by atoms with E-state index < -0.39 is 11.4 Å². The molecular formula is C14H17N3O2. The van der Waals surface area contributed by atoms with Crippen molar-refractivity contribution in [3.8, 4) is 5.69 Å². The molecule has 0 saturated heterocycles. The van der Waals surface area contributed by atoms with E-state index in [1.807, 2.05) is 31.2 Å². The van der Waals surface area contributed by atoms with E-state index in [2.05, 4.69) is 10.2 Å². The zero-order valence-electron chi connectivity index (χ0n) is 11.3. The van der Waals surface area contributed by atoms with Crippen molar-refractivity contribution in [3.05, 3.63) is 41.7 Å². The molecule has 0 amide bonds. The number of para-hydroxylation sites is 1. The molecule has 5 heteroatoms. The van der Waals surface area contributed by atoms with Gasteiger partial charge >= 0.3 is 5.97 Å². The van der Waals surface area contributed by atoms with Gasteiger partial charge in [-0.25, -0.2) is 0 Å². The number of nitrogens with zero attached hydrogens (tertiary/aromatic N) is 3. The van der Waals surface area contributed by atoms with Gasteiger partial charge in [-0.2, -0.15) is 15.0 Å². The predicted octanol–water partition coefficient (Wildman–Crippen LogP) is 2.23. The van der Waals surface area contributed by atoms with Crippen LogP contribution in [0.25, 0.3) is 5.69 Å². The SMILES string of the molecule is Cc1cnn(-c2ccccc2CC(C)(C)C(=O)O)n1. The average Bonchev–Trinajstić information content (AvgIpc) is 2.76. The molecule has 0 fully saturated rings. The first-order chi connectivity index (χ1) is 8.90. The van der Waals surface area contributed by atoms with Crippen LogP contribution in [0.15, 0.2) is 30.5 Å². The zero-order valence-corrected chi connectivity index (χ0v) is 11.3. The molecule has 0 unspecified atom stereocenters. The van der Waals surface area contributed by atoms with Gasteiger partial charge < -0.3 is 5.11 Å². The molecule has 0 radical (unpaired) electrons. The Hall–Kier alpha value is -2.17. The smallest absolute Gasteiger partial charge is 0.309 e. The highest BCUT2D eigenvalue weighted by Gasteiger charge is 2.28. The highest BCUT2D eigenvalue weighted by atomic mass is 16.4. The van der Waals surface area contributed by atoms with Crippen LogP contribution in [0.2, 0.25) is 0 Å². The van der Waals surface area contributed by atoms with E-state index in [4.69, 9.17) is 0 Å². The van der Waals surface area contributed by atoms with Crippen molar-refractivity contribution in [1.29, 1.82) is 0 Å². The summed E-state index contributed by atoms with van der Waals surface area (Å²) in [5.41, 5.74) is 1.75. The number of aryl methyl sites for hydroxylation is 1. The molecule has 1 heterocycles. The summed E-state index contributed by atoms with van der Waals surface area (Å²) in [6, 6.07) is 7.60. The minimum Gasteiger partial charge on any atom is -0.481 e. The van der Waals surface area contributed by atoms with Crippen molar-refractivity contribution in [2.75, 3.05) is 0 Å². The lowest BCUT2D eigenvalue weighted by molar-refractivity contribution is -0.146. The highest BCUT2D eigenvalue weighted by molar-refractivity contribution is 5.74. The Balaban J connectivity index is 2.40. The van der Waals surface area contributed by atoms with E-state index in [1.165, 1.54) is 0 Å². The lowest BCUT2D eigenvalue weighted by atomic mass is 9.85. The van der Waals surface area contributed by atoms with Crippen molar-refractivity contribution >= 4 is 5.97 Å². The minimum absolute atomic E-state index is 0.430. The number of aromatic nitrogens is 3. The van der Waals surface area contributed by atoms with Crippen molar-refractivity contribution in [1.82, 2.24) is 15.0 Å². The molecular weight excluding hydrogens is 242 g/mol. The molecule has 1 aromatic carbocycles. The molecule has 0 spiro atoms. The summed E-state index contributed by atoms with van der Waals surface area (Å²) in [6.07, 6.45) is 2.11. The first-order valence-electron chi connectivity index (χ1n) is 6.11. The monoisotopic (exact) mass is 259 g/mol. The quantitative estimate of drug-likeness (QED) is 0.914. The standard InChI is InChI=1S/C14H17N3O2/c1-10-9-15-17(16-10)12-7-5-4-6-11(12)8-14(2,3)13(18)19/h4-7,9H,8H2,1-3H3,(H,18,19). The Morgan fingerprint density at radius 2 is 2.05 bits per heavy atom. The Kier molecular flexibility index (Phi) is 3.38. The van der Waals surface area contributed by atoms with Crippen LogP contribution in [0.1, 0.15) is 25.1 Å². The number of rotatable bonds is 4. The van der Waals surface area contributed by atoms with Gasteiger partial charge in [-0.3, -0.25) is 4.79 Å². The van der Waals surface area contributed by atoms with Crippen LogP contribution in [0.3, 0.4) is 0 Å². The summed E-state index contributed by atoms with van der Waals surface area (Å²) in [5.74, 6) is -0.813. The number of hydrogen-bond acceptors (Lipinski definition) is 3. The summed E-state index contributed by atoms with van der Waals surface area (Å²) in [7, 11) is 0. The molecule has 19 heavy (non-hydrogen) atoms. The first kappa shape index (κ1) is 13.3. The number of carbonyl (C=O) groups is 1. The Morgan fingerprint density at radius 1 is 1.37 bits per heavy atom. The van der Waals surface area contributed by atoms with Crippen LogP contribution in [0.5, 0.6) is 0 Å². The molecule has 100 valence electrons. The molecule has 2 aromatic rings. The van der Waals surface area contributed by atoms with E-state index in [9.17, 15) is 9.90 Å². The molecule has 2 rings (SSSR count). The summed E-state index contributed by atoms with van der Waals surface area (Å²) >= 11 is 0. The largest absolute Gasteiger partial charge is 0.481 e. The summed E-state index contributed by atoms with van der Waals surface area (Å²) in [5, 5.41) is 17.7. The number of aliphatic carboxylic acids is 1. The second kappa shape index (κ2) is 4.84. The second-order valence-electron chi connectivity index (χ2n) is 5.27. The van der Waals surface area contributed by atoms with Gasteiger partial charge in [0.1, 0.15) is 0 Å². The minimum atomic E-state index is -0.821. The fourth-order valence-electron chi connectivity index (χ4n) is 1.86. The average molecular weight is 259 g/mol. The van der Waals surface area contributed by atoms with Gasteiger partial charge in [-0.1, -0.05) is 18.2 Å². The van der Waals surface area contributed by atoms with Gasteiger partial charge in [0.05, 0.1) is 23.0 Å². The van der Waals surface area contributed by atoms with Gasteiger partial charge in [-0.15, -0.1) is 0 Å². The fourth-order valence-corrected chi connectivity index (χ4v) is 1.86. The second-order valence-corrected chi connectivity index (χ2v) is 5.27. The maximum absolute atomic E-state index is 11.2. The summed E-state index contributed by atoms with van der Waals surface area (Å²) < 4.78 is 0. The number of hydrogen-bond donors (Lipinski definition) is 1. The molecule has 0 aliphatic rings. The molecule has 0 bridgehead atoms. The van der Waals surface area contributed by atoms with Crippen molar-refractivity contribution in [3.63, 3.8) is 0 Å². The van der Waals surface area contributed by atoms with Gasteiger partial charge in [0.15, 0.2) is 0 Å². The van der Waals surface area contributed by atoms with Gasteiger partial charge in [0.2, 0.25) is 0 Å². The summed E-state index contributed by atoms with van der Waals surface area (Å²) in [4.78, 5) is 12.8. The van der Waals surface area contributed by atoms with E-state index in [1.54, 1.807) is 24.8 Å². The lowest BCUT2D eigenvalue weighted by Crippen LogP contribution is -2.26. The Morgan fingerprint density at radius 3 is 2.63 bits per heavy atom. The van der Waals surface area contributed by atoms with Crippen molar-refractivity contribution in [2.45, 2.75) is 27.2 Å². The van der Waals surface area contributed by atoms with Gasteiger partial charge in [-0.05, 0) is 38.8 Å². The molecule has 1 aromatic heterocycles. The highest BCUT2D eigenvalue weighted by Crippen LogP contribution is 2.25. The van der Waals surface area contributed by atoms with Gasteiger partial charge in [0, 0.05) is 0 Å². The third-order valence-electron chi connectivity index (χ3n) is 3.02. The normalized spacial score (nSPS) is 11.5. The van der Waals surface area contributed by atoms with Crippen LogP contribution in [-0.4, -0.2) is 26.1 Å². The van der Waals surface area contributed by atoms with Crippen LogP contribution >= 0.6 is 0 Å². The van der Waals surface area contributed by atoms with E-state index >= 15 is 0 Å². The third-order valence-corrected chi connectivity index (χ3v) is 3.02. The van der Waals surface area contributed by atoms with Crippen LogP contribution < -0.4 is 0 Å². The maximum Gasteiger partial charge on any atom is 0.309 e. The molecule has 1 N–H and O–H groups in total. The van der Waals surface area contributed by atoms with Crippen molar-refractivity contribution < 1.29 is 9.90 Å². The topological polar surface area (TPSA) is 68.0 Å². The van der Waals surface area contributed by atoms with E-state index in [0.717, 1.165) is 16.9 Å². The summed E-state index contributed by atoms with van der Waals surface area (Å²) in [6.45, 7) is 5.30. The number of carboxylic acids is 1. The molecule has 0 saturated carbocycles. The zero-order chi connectivity index (χ0) is 14.0. The molecule has 0 aliphatic carbocycles. The molecule has 0 atom stereocenters. The lowest BCUT2D eigenvalue weighted by Gasteiger charge is -2.20. The van der Waals surface area contributed by atoms with E-state index in [-0.39, 0.29) is 0 Å². The molecule has 5 nitrogen and oxygen atoms in total. The maximum atomic E-state index is 11.2. The van der Waals surface area contributed by atoms with Crippen LogP contribution in [0.4, 0.5) is 0 Å². The fraction of sp³-hybridized carbons (Fsp3) is 0.357. The van der Waals surface area contributed by atoms with Crippen molar-refractivity contribution in [2.24, 2.45) is 5.41 Å². The van der Waals surface area contributed by atoms with E-state index in [0.29, 0.717) is 6.42 Å². The first-order valence-corrected chi connectivity index (χ1v) is 6.11. The number of benzene rings is 1. The number of carboxylic acid groups (broad SMARTS) is 1. The Labute approximate surface area is 111 Å².